The fraction of sp³-hybridized carbons (Fsp3) is 1.00. The number of unbranched alkanes of at least 4 members (excludes halogenated alkanes) is 4. The maximum atomic E-state index is 3.43. The van der Waals surface area contributed by atoms with Gasteiger partial charge in [0.1, 0.15) is 0 Å². The molecule has 1 nitrogen and oxygen atoms in total. The van der Waals surface area contributed by atoms with E-state index in [4.69, 9.17) is 0 Å². The smallest absolute Gasteiger partial charge is 0.00209 e. The van der Waals surface area contributed by atoms with Gasteiger partial charge in [0.2, 0.25) is 0 Å². The van der Waals surface area contributed by atoms with Gasteiger partial charge in [-0.1, -0.05) is 66.2 Å². The van der Waals surface area contributed by atoms with E-state index in [1.165, 1.54) is 64.3 Å². The Bertz CT molecular complexity index is 241. The second kappa shape index (κ2) is 9.07. The summed E-state index contributed by atoms with van der Waals surface area (Å²) in [7, 11) is 2.12. The SMILES string of the molecule is CCCCCCCC1CC(C(C)(C)C)CCC1CNC. The molecule has 0 radical (unpaired) electrons. The maximum Gasteiger partial charge on any atom is -0.00209 e. The van der Waals surface area contributed by atoms with Gasteiger partial charge in [-0.15, -0.1) is 0 Å². The summed E-state index contributed by atoms with van der Waals surface area (Å²) in [5, 5.41) is 3.43. The molecule has 0 aromatic heterocycles. The fourth-order valence-electron chi connectivity index (χ4n) is 4.01. The molecule has 0 amide bonds. The lowest BCUT2D eigenvalue weighted by Gasteiger charge is -2.42. The van der Waals surface area contributed by atoms with Crippen LogP contribution in [0.5, 0.6) is 0 Å². The second-order valence-electron chi connectivity index (χ2n) is 8.16. The number of hydrogen-bond donors (Lipinski definition) is 1. The van der Waals surface area contributed by atoms with E-state index < -0.39 is 0 Å². The molecular formula is C19H39N. The minimum Gasteiger partial charge on any atom is -0.319 e. The molecule has 1 aliphatic rings. The van der Waals surface area contributed by atoms with E-state index in [0.29, 0.717) is 5.41 Å². The third kappa shape index (κ3) is 6.16. The van der Waals surface area contributed by atoms with Crippen LogP contribution in [0.3, 0.4) is 0 Å². The molecule has 1 heteroatoms. The zero-order chi connectivity index (χ0) is 15.0. The van der Waals surface area contributed by atoms with Gasteiger partial charge in [0.05, 0.1) is 0 Å². The van der Waals surface area contributed by atoms with Crippen molar-refractivity contribution in [1.82, 2.24) is 5.32 Å². The van der Waals surface area contributed by atoms with Gasteiger partial charge in [-0.05, 0) is 56.0 Å². The van der Waals surface area contributed by atoms with E-state index in [9.17, 15) is 0 Å². The van der Waals surface area contributed by atoms with Crippen molar-refractivity contribution in [2.75, 3.05) is 13.6 Å². The van der Waals surface area contributed by atoms with Crippen LogP contribution in [-0.4, -0.2) is 13.6 Å². The van der Waals surface area contributed by atoms with Crippen molar-refractivity contribution in [2.24, 2.45) is 23.2 Å². The summed E-state index contributed by atoms with van der Waals surface area (Å²) in [6.07, 6.45) is 13.0. The van der Waals surface area contributed by atoms with Gasteiger partial charge in [0, 0.05) is 0 Å². The van der Waals surface area contributed by atoms with Gasteiger partial charge in [0.25, 0.3) is 0 Å². The highest BCUT2D eigenvalue weighted by molar-refractivity contribution is 4.86. The van der Waals surface area contributed by atoms with Gasteiger partial charge < -0.3 is 5.32 Å². The normalized spacial score (nSPS) is 27.8. The van der Waals surface area contributed by atoms with Crippen LogP contribution in [0.1, 0.15) is 85.5 Å². The fourth-order valence-corrected chi connectivity index (χ4v) is 4.01. The Labute approximate surface area is 128 Å². The molecule has 1 fully saturated rings. The van der Waals surface area contributed by atoms with Crippen molar-refractivity contribution in [2.45, 2.75) is 85.5 Å². The lowest BCUT2D eigenvalue weighted by Crippen LogP contribution is -2.35. The van der Waals surface area contributed by atoms with Crippen LogP contribution >= 0.6 is 0 Å². The second-order valence-corrected chi connectivity index (χ2v) is 8.16. The van der Waals surface area contributed by atoms with E-state index in [-0.39, 0.29) is 0 Å². The molecule has 120 valence electrons. The number of hydrogen-bond acceptors (Lipinski definition) is 1. The van der Waals surface area contributed by atoms with E-state index in [1.807, 2.05) is 0 Å². The van der Waals surface area contributed by atoms with Crippen LogP contribution in [0.25, 0.3) is 0 Å². The first kappa shape index (κ1) is 18.0. The topological polar surface area (TPSA) is 12.0 Å². The standard InChI is InChI=1S/C19H39N/c1-6-7-8-9-10-11-16-14-18(19(2,3)4)13-12-17(16)15-20-5/h16-18,20H,6-15H2,1-5H3. The summed E-state index contributed by atoms with van der Waals surface area (Å²) >= 11 is 0. The molecule has 1 rings (SSSR count). The Kier molecular flexibility index (Phi) is 8.17. The lowest BCUT2D eigenvalue weighted by molar-refractivity contribution is 0.0919. The molecule has 3 atom stereocenters. The summed E-state index contributed by atoms with van der Waals surface area (Å²) in [6.45, 7) is 10.9. The van der Waals surface area contributed by atoms with Crippen LogP contribution in [0.15, 0.2) is 0 Å². The third-order valence-electron chi connectivity index (χ3n) is 5.51. The molecule has 3 unspecified atom stereocenters. The summed E-state index contributed by atoms with van der Waals surface area (Å²) < 4.78 is 0. The monoisotopic (exact) mass is 281 g/mol. The first-order chi connectivity index (χ1) is 9.49. The molecule has 0 heterocycles. The van der Waals surface area contributed by atoms with Gasteiger partial charge in [-0.2, -0.15) is 0 Å². The highest BCUT2D eigenvalue weighted by Crippen LogP contribution is 2.44. The lowest BCUT2D eigenvalue weighted by atomic mass is 9.64. The van der Waals surface area contributed by atoms with Crippen LogP contribution in [0.2, 0.25) is 0 Å². The maximum absolute atomic E-state index is 3.43. The highest BCUT2D eigenvalue weighted by Gasteiger charge is 2.35. The summed E-state index contributed by atoms with van der Waals surface area (Å²) in [5.74, 6) is 2.85. The Morgan fingerprint density at radius 1 is 0.950 bits per heavy atom. The molecule has 0 saturated heterocycles. The molecule has 1 aliphatic carbocycles. The Hall–Kier alpha value is -0.0400. The average Bonchev–Trinajstić information content (AvgIpc) is 2.39. The van der Waals surface area contributed by atoms with Gasteiger partial charge >= 0.3 is 0 Å². The molecule has 0 aliphatic heterocycles. The van der Waals surface area contributed by atoms with Crippen LogP contribution in [0.4, 0.5) is 0 Å². The molecule has 0 spiro atoms. The summed E-state index contributed by atoms with van der Waals surface area (Å²) in [4.78, 5) is 0. The van der Waals surface area contributed by atoms with E-state index in [1.54, 1.807) is 0 Å². The van der Waals surface area contributed by atoms with Crippen LogP contribution in [0, 0.1) is 23.2 Å². The largest absolute Gasteiger partial charge is 0.319 e. The zero-order valence-corrected chi connectivity index (χ0v) is 14.8. The zero-order valence-electron chi connectivity index (χ0n) is 14.8. The van der Waals surface area contributed by atoms with Gasteiger partial charge in [-0.3, -0.25) is 0 Å². The molecule has 1 N–H and O–H groups in total. The van der Waals surface area contributed by atoms with E-state index >= 15 is 0 Å². The average molecular weight is 282 g/mol. The molecule has 0 aromatic rings. The first-order valence-electron chi connectivity index (χ1n) is 9.13. The number of nitrogens with one attached hydrogen (secondary N) is 1. The molecule has 20 heavy (non-hydrogen) atoms. The van der Waals surface area contributed by atoms with Crippen molar-refractivity contribution in [3.8, 4) is 0 Å². The predicted molar refractivity (Wildman–Crippen MR) is 91.1 cm³/mol. The molecular weight excluding hydrogens is 242 g/mol. The van der Waals surface area contributed by atoms with Crippen molar-refractivity contribution < 1.29 is 0 Å². The minimum atomic E-state index is 0.505. The van der Waals surface area contributed by atoms with Crippen LogP contribution < -0.4 is 5.32 Å². The van der Waals surface area contributed by atoms with Crippen molar-refractivity contribution in [1.29, 1.82) is 0 Å². The van der Waals surface area contributed by atoms with E-state index in [0.717, 1.165) is 17.8 Å². The molecule has 0 aromatic carbocycles. The Balaban J connectivity index is 2.42. The quantitative estimate of drug-likeness (QED) is 0.567. The van der Waals surface area contributed by atoms with Crippen molar-refractivity contribution >= 4 is 0 Å². The molecule has 0 bridgehead atoms. The summed E-state index contributed by atoms with van der Waals surface area (Å²) in [5.41, 5.74) is 0.505. The third-order valence-corrected chi connectivity index (χ3v) is 5.51. The first-order valence-corrected chi connectivity index (χ1v) is 9.13. The Morgan fingerprint density at radius 2 is 1.65 bits per heavy atom. The Morgan fingerprint density at radius 3 is 2.25 bits per heavy atom. The van der Waals surface area contributed by atoms with Gasteiger partial charge in [0.15, 0.2) is 0 Å². The number of rotatable bonds is 8. The minimum absolute atomic E-state index is 0.505. The highest BCUT2D eigenvalue weighted by atomic mass is 14.8. The van der Waals surface area contributed by atoms with Crippen molar-refractivity contribution in [3.63, 3.8) is 0 Å². The van der Waals surface area contributed by atoms with Crippen LogP contribution in [-0.2, 0) is 0 Å². The van der Waals surface area contributed by atoms with E-state index in [2.05, 4.69) is 40.1 Å². The van der Waals surface area contributed by atoms with Gasteiger partial charge in [-0.25, -0.2) is 0 Å². The van der Waals surface area contributed by atoms with Crippen molar-refractivity contribution in [3.05, 3.63) is 0 Å². The predicted octanol–water partition coefficient (Wildman–Crippen LogP) is 5.64. The summed E-state index contributed by atoms with van der Waals surface area (Å²) in [6, 6.07) is 0. The molecule has 1 saturated carbocycles.